The Kier molecular flexibility index (Phi) is 3.94. The Balaban J connectivity index is 1.54. The van der Waals surface area contributed by atoms with Crippen molar-refractivity contribution in [3.63, 3.8) is 0 Å². The topological polar surface area (TPSA) is 50.5 Å². The van der Waals surface area contributed by atoms with Gasteiger partial charge in [-0.05, 0) is 53.3 Å². The molecule has 3 heterocycles. The van der Waals surface area contributed by atoms with Crippen LogP contribution >= 0.6 is 11.3 Å². The van der Waals surface area contributed by atoms with Crippen molar-refractivity contribution in [2.24, 2.45) is 0 Å². The van der Waals surface area contributed by atoms with Gasteiger partial charge in [0.1, 0.15) is 11.1 Å². The Hall–Kier alpha value is -2.40. The number of hydrogen-bond donors (Lipinski definition) is 0. The first kappa shape index (κ1) is 15.1. The number of rotatable bonds is 2. The molecule has 0 unspecified atom stereocenters. The van der Waals surface area contributed by atoms with E-state index in [0.717, 1.165) is 18.2 Å². The number of para-hydroxylation sites is 1. The van der Waals surface area contributed by atoms with E-state index in [1.165, 1.54) is 5.56 Å². The molecular weight excluding hydrogens is 322 g/mol. The Labute approximate surface area is 143 Å². The highest BCUT2D eigenvalue weighted by Gasteiger charge is 2.26. The predicted octanol–water partition coefficient (Wildman–Crippen LogP) is 3.87. The molecule has 1 aromatic carbocycles. The van der Waals surface area contributed by atoms with Crippen molar-refractivity contribution in [3.8, 4) is 0 Å². The highest BCUT2D eigenvalue weighted by molar-refractivity contribution is 7.07. The minimum Gasteiger partial charge on any atom is -0.422 e. The van der Waals surface area contributed by atoms with Crippen LogP contribution < -0.4 is 5.63 Å². The summed E-state index contributed by atoms with van der Waals surface area (Å²) in [5.74, 6) is 0.284. The lowest BCUT2D eigenvalue weighted by Crippen LogP contribution is -2.39. The van der Waals surface area contributed by atoms with Gasteiger partial charge < -0.3 is 9.32 Å². The molecule has 1 saturated heterocycles. The largest absolute Gasteiger partial charge is 0.422 e. The number of carbonyl (C=O) groups is 1. The van der Waals surface area contributed by atoms with Crippen LogP contribution in [0.1, 0.15) is 34.7 Å². The van der Waals surface area contributed by atoms with Gasteiger partial charge in [0.05, 0.1) is 0 Å². The minimum absolute atomic E-state index is 0.127. The molecule has 0 aliphatic carbocycles. The lowest BCUT2D eigenvalue weighted by atomic mass is 9.91. The Bertz CT molecular complexity index is 921. The van der Waals surface area contributed by atoms with Gasteiger partial charge in [-0.1, -0.05) is 18.2 Å². The number of likely N-dealkylation sites (tertiary alicyclic amines) is 1. The number of hydrogen-bond acceptors (Lipinski definition) is 4. The maximum Gasteiger partial charge on any atom is 0.349 e. The standard InChI is InChI=1S/C19H17NO3S/c21-18(16-11-14-3-1-2-4-17(14)23-19(16)22)20-8-5-13(6-9-20)15-7-10-24-12-15/h1-4,7,10-13H,5-6,8-9H2. The molecular formula is C19H17NO3S. The van der Waals surface area contributed by atoms with E-state index in [1.807, 2.05) is 18.2 Å². The first-order valence-corrected chi connectivity index (χ1v) is 9.01. The zero-order valence-electron chi connectivity index (χ0n) is 13.1. The van der Waals surface area contributed by atoms with E-state index in [0.29, 0.717) is 24.6 Å². The van der Waals surface area contributed by atoms with Crippen molar-refractivity contribution < 1.29 is 9.21 Å². The highest BCUT2D eigenvalue weighted by atomic mass is 32.1. The number of carbonyl (C=O) groups excluding carboxylic acids is 1. The minimum atomic E-state index is -0.557. The number of piperidine rings is 1. The van der Waals surface area contributed by atoms with Crippen molar-refractivity contribution in [1.29, 1.82) is 0 Å². The Morgan fingerprint density at radius 1 is 1.17 bits per heavy atom. The predicted molar refractivity (Wildman–Crippen MR) is 94.7 cm³/mol. The fourth-order valence-corrected chi connectivity index (χ4v) is 4.05. The van der Waals surface area contributed by atoms with Gasteiger partial charge in [-0.25, -0.2) is 4.79 Å². The van der Waals surface area contributed by atoms with Crippen LogP contribution in [0, 0.1) is 0 Å². The molecule has 5 heteroatoms. The fraction of sp³-hybridized carbons (Fsp3) is 0.263. The number of amides is 1. The molecule has 0 radical (unpaired) electrons. The van der Waals surface area contributed by atoms with E-state index in [-0.39, 0.29) is 11.5 Å². The summed E-state index contributed by atoms with van der Waals surface area (Å²) in [5, 5.41) is 5.04. The van der Waals surface area contributed by atoms with Crippen LogP contribution in [0.4, 0.5) is 0 Å². The van der Waals surface area contributed by atoms with Crippen molar-refractivity contribution in [2.75, 3.05) is 13.1 Å². The molecule has 1 aliphatic heterocycles. The molecule has 0 spiro atoms. The quantitative estimate of drug-likeness (QED) is 0.666. The van der Waals surface area contributed by atoms with Crippen LogP contribution in [0.2, 0.25) is 0 Å². The maximum atomic E-state index is 12.7. The zero-order valence-corrected chi connectivity index (χ0v) is 13.9. The van der Waals surface area contributed by atoms with E-state index in [4.69, 9.17) is 4.42 Å². The van der Waals surface area contributed by atoms with Gasteiger partial charge in [-0.3, -0.25) is 4.79 Å². The third-order valence-corrected chi connectivity index (χ3v) is 5.37. The molecule has 24 heavy (non-hydrogen) atoms. The summed E-state index contributed by atoms with van der Waals surface area (Å²) < 4.78 is 5.28. The van der Waals surface area contributed by atoms with Crippen LogP contribution in [0.15, 0.2) is 56.4 Å². The van der Waals surface area contributed by atoms with Crippen molar-refractivity contribution in [3.05, 3.63) is 68.7 Å². The molecule has 0 N–H and O–H groups in total. The summed E-state index contributed by atoms with van der Waals surface area (Å²) in [6, 6.07) is 11.1. The van der Waals surface area contributed by atoms with Crippen LogP contribution in [-0.2, 0) is 0 Å². The summed E-state index contributed by atoms with van der Waals surface area (Å²) in [7, 11) is 0. The number of thiophene rings is 1. The number of fused-ring (bicyclic) bond motifs is 1. The normalized spacial score (nSPS) is 15.8. The molecule has 1 fully saturated rings. The first-order chi connectivity index (χ1) is 11.7. The molecule has 0 atom stereocenters. The van der Waals surface area contributed by atoms with Crippen molar-refractivity contribution >= 4 is 28.2 Å². The van der Waals surface area contributed by atoms with Gasteiger partial charge >= 0.3 is 5.63 Å². The highest BCUT2D eigenvalue weighted by Crippen LogP contribution is 2.29. The lowest BCUT2D eigenvalue weighted by Gasteiger charge is -2.31. The van der Waals surface area contributed by atoms with Crippen LogP contribution in [-0.4, -0.2) is 23.9 Å². The smallest absolute Gasteiger partial charge is 0.349 e. The third-order valence-electron chi connectivity index (χ3n) is 4.67. The van der Waals surface area contributed by atoms with Gasteiger partial charge in [0.2, 0.25) is 0 Å². The second-order valence-electron chi connectivity index (χ2n) is 6.11. The molecule has 0 bridgehead atoms. The average Bonchev–Trinajstić information content (AvgIpc) is 3.15. The van der Waals surface area contributed by atoms with Gasteiger partial charge in [-0.15, -0.1) is 0 Å². The van der Waals surface area contributed by atoms with Crippen molar-refractivity contribution in [1.82, 2.24) is 4.90 Å². The van der Waals surface area contributed by atoms with Gasteiger partial charge in [0.15, 0.2) is 0 Å². The van der Waals surface area contributed by atoms with Crippen LogP contribution in [0.5, 0.6) is 0 Å². The summed E-state index contributed by atoms with van der Waals surface area (Å²) in [6.07, 6.45) is 1.86. The van der Waals surface area contributed by atoms with E-state index in [2.05, 4.69) is 16.8 Å². The zero-order chi connectivity index (χ0) is 16.5. The summed E-state index contributed by atoms with van der Waals surface area (Å²) >= 11 is 1.71. The molecule has 4 rings (SSSR count). The van der Waals surface area contributed by atoms with Crippen LogP contribution in [0.3, 0.4) is 0 Å². The number of benzene rings is 1. The summed E-state index contributed by atoms with van der Waals surface area (Å²) in [5.41, 5.74) is 1.44. The van der Waals surface area contributed by atoms with Crippen LogP contribution in [0.25, 0.3) is 11.0 Å². The molecule has 4 nitrogen and oxygen atoms in total. The van der Waals surface area contributed by atoms with Crippen molar-refractivity contribution in [2.45, 2.75) is 18.8 Å². The fourth-order valence-electron chi connectivity index (χ4n) is 3.30. The van der Waals surface area contributed by atoms with E-state index >= 15 is 0 Å². The second kappa shape index (κ2) is 6.24. The Morgan fingerprint density at radius 3 is 2.71 bits per heavy atom. The average molecular weight is 339 g/mol. The van der Waals surface area contributed by atoms with E-state index in [1.54, 1.807) is 28.4 Å². The number of nitrogens with zero attached hydrogens (tertiary/aromatic N) is 1. The SMILES string of the molecule is O=C(c1cc2ccccc2oc1=O)N1CCC(c2ccsc2)CC1. The molecule has 122 valence electrons. The van der Waals surface area contributed by atoms with Gasteiger partial charge in [0, 0.05) is 18.5 Å². The molecule has 3 aromatic rings. The molecule has 2 aromatic heterocycles. The first-order valence-electron chi connectivity index (χ1n) is 8.06. The molecule has 0 saturated carbocycles. The summed E-state index contributed by atoms with van der Waals surface area (Å²) in [6.45, 7) is 1.34. The monoisotopic (exact) mass is 339 g/mol. The third kappa shape index (κ3) is 2.76. The van der Waals surface area contributed by atoms with E-state index < -0.39 is 5.63 Å². The van der Waals surface area contributed by atoms with E-state index in [9.17, 15) is 9.59 Å². The lowest BCUT2D eigenvalue weighted by molar-refractivity contribution is 0.0709. The molecule has 1 aliphatic rings. The van der Waals surface area contributed by atoms with Gasteiger partial charge in [-0.2, -0.15) is 11.3 Å². The van der Waals surface area contributed by atoms with Gasteiger partial charge in [0.25, 0.3) is 5.91 Å². The summed E-state index contributed by atoms with van der Waals surface area (Å²) in [4.78, 5) is 26.6. The second-order valence-corrected chi connectivity index (χ2v) is 6.89. The maximum absolute atomic E-state index is 12.7. The Morgan fingerprint density at radius 2 is 1.96 bits per heavy atom. The molecule has 1 amide bonds.